The molecule has 1 aliphatic rings. The monoisotopic (exact) mass is 486 g/mol. The number of nitrogens with zero attached hydrogens (tertiary/aromatic N) is 2. The van der Waals surface area contributed by atoms with E-state index in [-0.39, 0.29) is 17.9 Å². The van der Waals surface area contributed by atoms with Crippen LogP contribution in [-0.2, 0) is 6.18 Å². The molecule has 0 radical (unpaired) electrons. The van der Waals surface area contributed by atoms with Gasteiger partial charge in [-0.1, -0.05) is 25.5 Å². The van der Waals surface area contributed by atoms with Gasteiger partial charge >= 0.3 is 6.18 Å². The molecule has 3 aromatic rings. The van der Waals surface area contributed by atoms with Crippen LogP contribution >= 0.6 is 0 Å². The quantitative estimate of drug-likeness (QED) is 0.290. The standard InChI is InChI=1S/C26H29F3N4O2/c1-2-3-16-34-19-14-12-18(13-15-19)31-25-30-17-21(26(27,28)29)24(33-25)32-22-10-6-7-11-23(22)35-20-8-4-5-9-20/h6-7,10-15,17,20H,2-5,8-9,16H2,1H3,(H2,30,31,32,33). The number of ether oxygens (including phenoxy) is 2. The first-order valence-corrected chi connectivity index (χ1v) is 11.9. The van der Waals surface area contributed by atoms with Gasteiger partial charge in [0.25, 0.3) is 0 Å². The van der Waals surface area contributed by atoms with Crippen molar-refractivity contribution in [3.8, 4) is 11.5 Å². The van der Waals surface area contributed by atoms with Crippen molar-refractivity contribution >= 4 is 23.1 Å². The maximum Gasteiger partial charge on any atom is 0.421 e. The molecule has 0 atom stereocenters. The third-order valence-corrected chi connectivity index (χ3v) is 5.71. The topological polar surface area (TPSA) is 68.3 Å². The Hall–Kier alpha value is -3.49. The van der Waals surface area contributed by atoms with Crippen molar-refractivity contribution in [2.24, 2.45) is 0 Å². The minimum Gasteiger partial charge on any atom is -0.494 e. The van der Waals surface area contributed by atoms with Gasteiger partial charge in [-0.3, -0.25) is 0 Å². The molecule has 0 spiro atoms. The van der Waals surface area contributed by atoms with Crippen LogP contribution < -0.4 is 20.1 Å². The fourth-order valence-corrected chi connectivity index (χ4v) is 3.83. The summed E-state index contributed by atoms with van der Waals surface area (Å²) in [5, 5.41) is 5.79. The highest BCUT2D eigenvalue weighted by atomic mass is 19.4. The molecule has 0 aliphatic heterocycles. The third kappa shape index (κ3) is 6.77. The average Bonchev–Trinajstić information content (AvgIpc) is 3.34. The predicted molar refractivity (Wildman–Crippen MR) is 130 cm³/mol. The molecule has 0 amide bonds. The number of alkyl halides is 3. The van der Waals surface area contributed by atoms with Gasteiger partial charge in [0.1, 0.15) is 22.9 Å². The Balaban J connectivity index is 1.54. The Labute approximate surface area is 202 Å². The van der Waals surface area contributed by atoms with Gasteiger partial charge in [-0.05, 0) is 68.5 Å². The van der Waals surface area contributed by atoms with E-state index in [1.807, 2.05) is 0 Å². The summed E-state index contributed by atoms with van der Waals surface area (Å²) in [6.07, 6.45) is 2.27. The Kier molecular flexibility index (Phi) is 7.94. The van der Waals surface area contributed by atoms with Crippen LogP contribution in [0, 0.1) is 0 Å². The van der Waals surface area contributed by atoms with Crippen LogP contribution in [0.2, 0.25) is 0 Å². The smallest absolute Gasteiger partial charge is 0.421 e. The number of halogens is 3. The van der Waals surface area contributed by atoms with E-state index in [0.29, 0.717) is 23.7 Å². The molecule has 186 valence electrons. The number of hydrogen-bond donors (Lipinski definition) is 2. The lowest BCUT2D eigenvalue weighted by Crippen LogP contribution is -2.14. The number of hydrogen-bond acceptors (Lipinski definition) is 6. The molecule has 35 heavy (non-hydrogen) atoms. The first kappa shape index (κ1) is 24.6. The lowest BCUT2D eigenvalue weighted by atomic mass is 10.2. The molecule has 1 aromatic heterocycles. The molecule has 6 nitrogen and oxygen atoms in total. The summed E-state index contributed by atoms with van der Waals surface area (Å²) >= 11 is 0. The molecule has 9 heteroatoms. The molecule has 0 bridgehead atoms. The molecule has 0 unspecified atom stereocenters. The van der Waals surface area contributed by atoms with Crippen molar-refractivity contribution in [3.63, 3.8) is 0 Å². The fraction of sp³-hybridized carbons (Fsp3) is 0.385. The molecule has 4 rings (SSSR count). The molecule has 1 heterocycles. The highest BCUT2D eigenvalue weighted by Crippen LogP contribution is 2.38. The second-order valence-corrected chi connectivity index (χ2v) is 8.45. The number of nitrogens with one attached hydrogen (secondary N) is 2. The lowest BCUT2D eigenvalue weighted by Gasteiger charge is -2.19. The SMILES string of the molecule is CCCCOc1ccc(Nc2ncc(C(F)(F)F)c(Nc3ccccc3OC3CCCC3)n2)cc1. The van der Waals surface area contributed by atoms with Gasteiger partial charge in [0.05, 0.1) is 18.4 Å². The number of unbranched alkanes of at least 4 members (excludes halogenated alkanes) is 1. The number of rotatable bonds is 10. The van der Waals surface area contributed by atoms with E-state index >= 15 is 0 Å². The highest BCUT2D eigenvalue weighted by Gasteiger charge is 2.35. The summed E-state index contributed by atoms with van der Waals surface area (Å²) in [6, 6.07) is 14.1. The summed E-state index contributed by atoms with van der Waals surface area (Å²) in [5.74, 6) is 0.907. The van der Waals surface area contributed by atoms with E-state index in [4.69, 9.17) is 9.47 Å². The number of anilines is 4. The van der Waals surface area contributed by atoms with Crippen molar-refractivity contribution in [1.82, 2.24) is 9.97 Å². The number of benzene rings is 2. The van der Waals surface area contributed by atoms with Crippen molar-refractivity contribution < 1.29 is 22.6 Å². The van der Waals surface area contributed by atoms with E-state index in [2.05, 4.69) is 27.5 Å². The van der Waals surface area contributed by atoms with Crippen molar-refractivity contribution in [1.29, 1.82) is 0 Å². The zero-order valence-electron chi connectivity index (χ0n) is 19.6. The van der Waals surface area contributed by atoms with Crippen LogP contribution in [0.25, 0.3) is 0 Å². The van der Waals surface area contributed by atoms with Gasteiger partial charge in [0, 0.05) is 11.9 Å². The maximum atomic E-state index is 13.7. The van der Waals surface area contributed by atoms with Crippen LogP contribution in [0.15, 0.2) is 54.7 Å². The van der Waals surface area contributed by atoms with Crippen LogP contribution in [0.5, 0.6) is 11.5 Å². The Morgan fingerprint density at radius 3 is 2.46 bits per heavy atom. The molecule has 0 saturated heterocycles. The van der Waals surface area contributed by atoms with Gasteiger partial charge in [-0.15, -0.1) is 0 Å². The van der Waals surface area contributed by atoms with Crippen LogP contribution in [0.1, 0.15) is 51.0 Å². The molecule has 1 aliphatic carbocycles. The largest absolute Gasteiger partial charge is 0.494 e. The molecule has 2 aromatic carbocycles. The van der Waals surface area contributed by atoms with Crippen molar-refractivity contribution in [2.45, 2.75) is 57.7 Å². The third-order valence-electron chi connectivity index (χ3n) is 5.71. The van der Waals surface area contributed by atoms with Crippen molar-refractivity contribution in [2.75, 3.05) is 17.2 Å². The minimum atomic E-state index is -4.63. The molecular formula is C26H29F3N4O2. The van der Waals surface area contributed by atoms with E-state index in [0.717, 1.165) is 50.5 Å². The second kappa shape index (κ2) is 11.3. The minimum absolute atomic E-state index is 0.0364. The Bertz CT molecular complexity index is 1100. The number of aromatic nitrogens is 2. The Morgan fingerprint density at radius 1 is 1.00 bits per heavy atom. The molecule has 1 saturated carbocycles. The van der Waals surface area contributed by atoms with Crippen LogP contribution in [0.4, 0.5) is 36.3 Å². The average molecular weight is 487 g/mol. The normalized spacial score (nSPS) is 14.1. The van der Waals surface area contributed by atoms with Gasteiger partial charge in [-0.25, -0.2) is 4.98 Å². The lowest BCUT2D eigenvalue weighted by molar-refractivity contribution is -0.137. The van der Waals surface area contributed by atoms with Crippen LogP contribution in [-0.4, -0.2) is 22.7 Å². The summed E-state index contributed by atoms with van der Waals surface area (Å²) in [4.78, 5) is 8.03. The molecule has 1 fully saturated rings. The second-order valence-electron chi connectivity index (χ2n) is 8.45. The van der Waals surface area contributed by atoms with E-state index in [9.17, 15) is 13.2 Å². The van der Waals surface area contributed by atoms with Crippen molar-refractivity contribution in [3.05, 3.63) is 60.3 Å². The zero-order chi connectivity index (χ0) is 24.7. The van der Waals surface area contributed by atoms with Gasteiger partial charge in [0.15, 0.2) is 0 Å². The maximum absolute atomic E-state index is 13.7. The highest BCUT2D eigenvalue weighted by molar-refractivity contribution is 5.67. The van der Waals surface area contributed by atoms with Gasteiger partial charge in [-0.2, -0.15) is 18.2 Å². The summed E-state index contributed by atoms with van der Waals surface area (Å²) in [7, 11) is 0. The summed E-state index contributed by atoms with van der Waals surface area (Å²) in [5.41, 5.74) is 0.0880. The van der Waals surface area contributed by atoms with E-state index in [1.54, 1.807) is 48.5 Å². The van der Waals surface area contributed by atoms with Gasteiger partial charge < -0.3 is 20.1 Å². The molecule has 2 N–H and O–H groups in total. The fourth-order valence-electron chi connectivity index (χ4n) is 3.83. The zero-order valence-corrected chi connectivity index (χ0v) is 19.6. The summed E-state index contributed by atoms with van der Waals surface area (Å²) in [6.45, 7) is 2.72. The molecular weight excluding hydrogens is 457 g/mol. The van der Waals surface area contributed by atoms with E-state index in [1.165, 1.54) is 0 Å². The Morgan fingerprint density at radius 2 is 1.74 bits per heavy atom. The predicted octanol–water partition coefficient (Wildman–Crippen LogP) is 7.48. The van der Waals surface area contributed by atoms with Crippen LogP contribution in [0.3, 0.4) is 0 Å². The summed E-state index contributed by atoms with van der Waals surface area (Å²) < 4.78 is 52.9. The van der Waals surface area contributed by atoms with E-state index < -0.39 is 11.7 Å². The first-order chi connectivity index (χ1) is 16.9. The number of para-hydroxylation sites is 2. The first-order valence-electron chi connectivity index (χ1n) is 11.9. The van der Waals surface area contributed by atoms with Gasteiger partial charge in [0.2, 0.25) is 5.95 Å².